The molecule has 100 valence electrons. The molecule has 18 heavy (non-hydrogen) atoms. The van der Waals surface area contributed by atoms with E-state index < -0.39 is 6.10 Å². The second kappa shape index (κ2) is 7.01. The normalized spacial score (nSPS) is 13.8. The summed E-state index contributed by atoms with van der Waals surface area (Å²) in [4.78, 5) is 11.8. The lowest BCUT2D eigenvalue weighted by atomic mass is 10.2. The van der Waals surface area contributed by atoms with Crippen molar-refractivity contribution in [1.29, 1.82) is 0 Å². The van der Waals surface area contributed by atoms with Crippen molar-refractivity contribution in [2.75, 3.05) is 0 Å². The number of amides is 1. The van der Waals surface area contributed by atoms with E-state index in [2.05, 4.69) is 5.32 Å². The SMILES string of the molecule is CCC(C)NC(=O)C(C)Oc1ccc(CN)cc1. The van der Waals surface area contributed by atoms with Crippen LogP contribution in [0.4, 0.5) is 0 Å². The highest BCUT2D eigenvalue weighted by atomic mass is 16.5. The summed E-state index contributed by atoms with van der Waals surface area (Å²) in [5.41, 5.74) is 6.56. The van der Waals surface area contributed by atoms with E-state index in [9.17, 15) is 4.79 Å². The molecule has 0 saturated carbocycles. The van der Waals surface area contributed by atoms with Gasteiger partial charge in [0.15, 0.2) is 6.10 Å². The number of nitrogens with two attached hydrogens (primary N) is 1. The maximum Gasteiger partial charge on any atom is 0.260 e. The fourth-order valence-electron chi connectivity index (χ4n) is 1.42. The van der Waals surface area contributed by atoms with Crippen LogP contribution >= 0.6 is 0 Å². The first-order valence-electron chi connectivity index (χ1n) is 6.32. The maximum absolute atomic E-state index is 11.8. The number of hydrogen-bond acceptors (Lipinski definition) is 3. The summed E-state index contributed by atoms with van der Waals surface area (Å²) in [7, 11) is 0. The summed E-state index contributed by atoms with van der Waals surface area (Å²) in [6.07, 6.45) is 0.409. The molecule has 0 fully saturated rings. The monoisotopic (exact) mass is 250 g/mol. The molecule has 1 aromatic carbocycles. The van der Waals surface area contributed by atoms with Crippen molar-refractivity contribution in [2.45, 2.75) is 45.9 Å². The van der Waals surface area contributed by atoms with E-state index in [4.69, 9.17) is 10.5 Å². The second-order valence-corrected chi connectivity index (χ2v) is 4.43. The van der Waals surface area contributed by atoms with Crippen molar-refractivity contribution in [3.63, 3.8) is 0 Å². The largest absolute Gasteiger partial charge is 0.481 e. The fourth-order valence-corrected chi connectivity index (χ4v) is 1.42. The third-order valence-corrected chi connectivity index (χ3v) is 2.84. The third kappa shape index (κ3) is 4.37. The third-order valence-electron chi connectivity index (χ3n) is 2.84. The second-order valence-electron chi connectivity index (χ2n) is 4.43. The van der Waals surface area contributed by atoms with Gasteiger partial charge in [-0.3, -0.25) is 4.79 Å². The molecule has 2 unspecified atom stereocenters. The van der Waals surface area contributed by atoms with Crippen LogP contribution in [-0.2, 0) is 11.3 Å². The summed E-state index contributed by atoms with van der Waals surface area (Å²) in [6.45, 7) is 6.25. The molecule has 0 spiro atoms. The van der Waals surface area contributed by atoms with Crippen molar-refractivity contribution in [3.8, 4) is 5.75 Å². The lowest BCUT2D eigenvalue weighted by Gasteiger charge is -2.17. The topological polar surface area (TPSA) is 64.3 Å². The van der Waals surface area contributed by atoms with Crippen LogP contribution in [0.15, 0.2) is 24.3 Å². The zero-order valence-corrected chi connectivity index (χ0v) is 11.3. The van der Waals surface area contributed by atoms with E-state index in [-0.39, 0.29) is 11.9 Å². The van der Waals surface area contributed by atoms with Crippen LogP contribution in [0.2, 0.25) is 0 Å². The highest BCUT2D eigenvalue weighted by molar-refractivity contribution is 5.80. The Hall–Kier alpha value is -1.55. The molecule has 4 nitrogen and oxygen atoms in total. The van der Waals surface area contributed by atoms with E-state index in [1.165, 1.54) is 0 Å². The molecule has 0 radical (unpaired) electrons. The Bertz CT molecular complexity index is 376. The zero-order chi connectivity index (χ0) is 13.5. The first-order valence-corrected chi connectivity index (χ1v) is 6.32. The van der Waals surface area contributed by atoms with Crippen LogP contribution in [0.3, 0.4) is 0 Å². The zero-order valence-electron chi connectivity index (χ0n) is 11.3. The van der Waals surface area contributed by atoms with Gasteiger partial charge in [-0.25, -0.2) is 0 Å². The van der Waals surface area contributed by atoms with Crippen LogP contribution in [0.25, 0.3) is 0 Å². The van der Waals surface area contributed by atoms with Gasteiger partial charge in [0.1, 0.15) is 5.75 Å². The number of ether oxygens (including phenoxy) is 1. The molecule has 0 bridgehead atoms. The molecule has 1 amide bonds. The first-order chi connectivity index (χ1) is 8.56. The average molecular weight is 250 g/mol. The van der Waals surface area contributed by atoms with Crippen LogP contribution in [0.5, 0.6) is 5.75 Å². The lowest BCUT2D eigenvalue weighted by molar-refractivity contribution is -0.127. The Morgan fingerprint density at radius 2 is 1.94 bits per heavy atom. The predicted molar refractivity (Wildman–Crippen MR) is 72.3 cm³/mol. The molecule has 0 heterocycles. The number of carbonyl (C=O) groups is 1. The summed E-state index contributed by atoms with van der Waals surface area (Å²) in [6, 6.07) is 7.62. The molecular formula is C14H22N2O2. The smallest absolute Gasteiger partial charge is 0.260 e. The molecule has 0 aliphatic carbocycles. The molecular weight excluding hydrogens is 228 g/mol. The Morgan fingerprint density at radius 3 is 2.44 bits per heavy atom. The van der Waals surface area contributed by atoms with Crippen LogP contribution in [0.1, 0.15) is 32.8 Å². The minimum atomic E-state index is -0.497. The van der Waals surface area contributed by atoms with Gasteiger partial charge in [0.05, 0.1) is 0 Å². The highest BCUT2D eigenvalue weighted by Crippen LogP contribution is 2.13. The van der Waals surface area contributed by atoms with Gasteiger partial charge in [-0.05, 0) is 38.0 Å². The van der Waals surface area contributed by atoms with E-state index in [1.54, 1.807) is 6.92 Å². The number of hydrogen-bond donors (Lipinski definition) is 2. The van der Waals surface area contributed by atoms with Crippen LogP contribution < -0.4 is 15.8 Å². The number of rotatable bonds is 6. The highest BCUT2D eigenvalue weighted by Gasteiger charge is 2.15. The van der Waals surface area contributed by atoms with Gasteiger partial charge in [0, 0.05) is 12.6 Å². The molecule has 2 atom stereocenters. The van der Waals surface area contributed by atoms with Crippen LogP contribution in [0, 0.1) is 0 Å². The van der Waals surface area contributed by atoms with Gasteiger partial charge in [-0.2, -0.15) is 0 Å². The van der Waals surface area contributed by atoms with Crippen LogP contribution in [-0.4, -0.2) is 18.1 Å². The average Bonchev–Trinajstić information content (AvgIpc) is 2.39. The number of benzene rings is 1. The predicted octanol–water partition coefficient (Wildman–Crippen LogP) is 1.83. The summed E-state index contributed by atoms with van der Waals surface area (Å²) < 4.78 is 5.57. The standard InChI is InChI=1S/C14H22N2O2/c1-4-10(2)16-14(17)11(3)18-13-7-5-12(9-15)6-8-13/h5-8,10-11H,4,9,15H2,1-3H3,(H,16,17). The Labute approximate surface area is 109 Å². The fraction of sp³-hybridized carbons (Fsp3) is 0.500. The summed E-state index contributed by atoms with van der Waals surface area (Å²) in [5, 5.41) is 2.89. The summed E-state index contributed by atoms with van der Waals surface area (Å²) in [5.74, 6) is 0.589. The van der Waals surface area contributed by atoms with Crippen molar-refractivity contribution in [3.05, 3.63) is 29.8 Å². The van der Waals surface area contributed by atoms with E-state index in [1.807, 2.05) is 38.1 Å². The van der Waals surface area contributed by atoms with Gasteiger partial charge in [-0.1, -0.05) is 19.1 Å². The summed E-state index contributed by atoms with van der Waals surface area (Å²) >= 11 is 0. The quantitative estimate of drug-likeness (QED) is 0.809. The lowest BCUT2D eigenvalue weighted by Crippen LogP contribution is -2.40. The maximum atomic E-state index is 11.8. The molecule has 4 heteroatoms. The minimum Gasteiger partial charge on any atom is -0.481 e. The van der Waals surface area contributed by atoms with E-state index in [0.717, 1.165) is 12.0 Å². The molecule has 1 rings (SSSR count). The van der Waals surface area contributed by atoms with Gasteiger partial charge < -0.3 is 15.8 Å². The van der Waals surface area contributed by atoms with Crippen molar-refractivity contribution >= 4 is 5.91 Å². The first kappa shape index (κ1) is 14.5. The molecule has 3 N–H and O–H groups in total. The van der Waals surface area contributed by atoms with Gasteiger partial charge in [-0.15, -0.1) is 0 Å². The molecule has 0 aliphatic rings. The van der Waals surface area contributed by atoms with Gasteiger partial charge >= 0.3 is 0 Å². The Balaban J connectivity index is 2.52. The Morgan fingerprint density at radius 1 is 1.33 bits per heavy atom. The minimum absolute atomic E-state index is 0.0905. The number of nitrogens with one attached hydrogen (secondary N) is 1. The van der Waals surface area contributed by atoms with E-state index >= 15 is 0 Å². The van der Waals surface area contributed by atoms with E-state index in [0.29, 0.717) is 12.3 Å². The molecule has 0 aromatic heterocycles. The molecule has 1 aromatic rings. The van der Waals surface area contributed by atoms with Gasteiger partial charge in [0.2, 0.25) is 0 Å². The van der Waals surface area contributed by atoms with Gasteiger partial charge in [0.25, 0.3) is 5.91 Å². The molecule has 0 saturated heterocycles. The molecule has 0 aliphatic heterocycles. The number of carbonyl (C=O) groups excluding carboxylic acids is 1. The van der Waals surface area contributed by atoms with Crippen molar-refractivity contribution in [1.82, 2.24) is 5.32 Å². The Kier molecular flexibility index (Phi) is 5.65. The van der Waals surface area contributed by atoms with Crippen molar-refractivity contribution in [2.24, 2.45) is 5.73 Å². The van der Waals surface area contributed by atoms with Crippen molar-refractivity contribution < 1.29 is 9.53 Å².